The molecule has 0 aliphatic carbocycles. The molecule has 0 spiro atoms. The highest BCUT2D eigenvalue weighted by Gasteiger charge is 2.25. The lowest BCUT2D eigenvalue weighted by atomic mass is 10.0. The van der Waals surface area contributed by atoms with Gasteiger partial charge in [-0.25, -0.2) is 9.47 Å². The number of nitrogen functional groups attached to an aromatic ring is 1. The minimum absolute atomic E-state index is 0.273. The van der Waals surface area contributed by atoms with Crippen molar-refractivity contribution in [3.63, 3.8) is 0 Å². The van der Waals surface area contributed by atoms with E-state index in [4.69, 9.17) is 22.8 Å². The minimum Gasteiger partial charge on any atom is -0.444 e. The van der Waals surface area contributed by atoms with Crippen molar-refractivity contribution in [2.75, 3.05) is 5.84 Å². The zero-order valence-corrected chi connectivity index (χ0v) is 15.7. The number of rotatable bonds is 4. The first-order valence-corrected chi connectivity index (χ1v) is 8.62. The Bertz CT molecular complexity index is 981. The van der Waals surface area contributed by atoms with Crippen LogP contribution in [0.5, 0.6) is 0 Å². The molecule has 138 valence electrons. The Morgan fingerprint density at radius 1 is 1.42 bits per heavy atom. The molecule has 0 aliphatic heterocycles. The summed E-state index contributed by atoms with van der Waals surface area (Å²) in [6.45, 7) is 5.42. The SMILES string of the molecule is CC(C)(C)OC(=O)NC(Cc1c[nH]c2ccccc12)c1n[nH]c(=S)n1N. The van der Waals surface area contributed by atoms with Crippen molar-refractivity contribution in [2.24, 2.45) is 0 Å². The Kier molecular flexibility index (Phi) is 4.73. The van der Waals surface area contributed by atoms with E-state index < -0.39 is 17.7 Å². The molecule has 1 aromatic carbocycles. The van der Waals surface area contributed by atoms with Gasteiger partial charge in [-0.3, -0.25) is 5.10 Å². The van der Waals surface area contributed by atoms with Crippen LogP contribution >= 0.6 is 12.2 Å². The van der Waals surface area contributed by atoms with Crippen molar-refractivity contribution in [3.05, 3.63) is 46.6 Å². The number of H-pyrrole nitrogens is 2. The van der Waals surface area contributed by atoms with E-state index in [-0.39, 0.29) is 4.77 Å². The molecule has 0 saturated heterocycles. The van der Waals surface area contributed by atoms with Crippen molar-refractivity contribution in [1.82, 2.24) is 25.2 Å². The summed E-state index contributed by atoms with van der Waals surface area (Å²) in [5.41, 5.74) is 1.43. The number of alkyl carbamates (subject to hydrolysis) is 1. The molecule has 9 heteroatoms. The number of benzene rings is 1. The summed E-state index contributed by atoms with van der Waals surface area (Å²) in [6.07, 6.45) is 1.84. The predicted molar refractivity (Wildman–Crippen MR) is 102 cm³/mol. The van der Waals surface area contributed by atoms with Gasteiger partial charge in [0.15, 0.2) is 5.82 Å². The molecular formula is C17H22N6O2S. The van der Waals surface area contributed by atoms with Crippen molar-refractivity contribution in [3.8, 4) is 0 Å². The van der Waals surface area contributed by atoms with Gasteiger partial charge in [0, 0.05) is 23.5 Å². The predicted octanol–water partition coefficient (Wildman–Crippen LogP) is 2.94. The Balaban J connectivity index is 1.91. The number of aromatic nitrogens is 4. The van der Waals surface area contributed by atoms with Crippen LogP contribution in [0.4, 0.5) is 4.79 Å². The monoisotopic (exact) mass is 374 g/mol. The summed E-state index contributed by atoms with van der Waals surface area (Å²) in [5.74, 6) is 6.39. The van der Waals surface area contributed by atoms with Gasteiger partial charge in [0.25, 0.3) is 0 Å². The van der Waals surface area contributed by atoms with Crippen molar-refractivity contribution >= 4 is 29.2 Å². The largest absolute Gasteiger partial charge is 0.444 e. The number of carbonyl (C=O) groups excluding carboxylic acids is 1. The normalized spacial score (nSPS) is 12.9. The number of carbonyl (C=O) groups is 1. The Labute approximate surface area is 155 Å². The van der Waals surface area contributed by atoms with Gasteiger partial charge in [-0.1, -0.05) is 18.2 Å². The summed E-state index contributed by atoms with van der Waals surface area (Å²) in [5, 5.41) is 10.7. The maximum Gasteiger partial charge on any atom is 0.408 e. The van der Waals surface area contributed by atoms with Crippen molar-refractivity contribution in [1.29, 1.82) is 0 Å². The molecule has 2 aromatic heterocycles. The topological polar surface area (TPSA) is 114 Å². The molecular weight excluding hydrogens is 352 g/mol. The number of para-hydroxylation sites is 1. The molecule has 1 amide bonds. The number of nitrogens with two attached hydrogens (primary N) is 1. The maximum atomic E-state index is 12.3. The van der Waals surface area contributed by atoms with Gasteiger partial charge in [-0.15, -0.1) is 0 Å². The molecule has 1 atom stereocenters. The number of ether oxygens (including phenoxy) is 1. The van der Waals surface area contributed by atoms with E-state index in [1.54, 1.807) is 20.8 Å². The average molecular weight is 374 g/mol. The van der Waals surface area contributed by atoms with Crippen LogP contribution in [0, 0.1) is 4.77 Å². The number of nitrogens with one attached hydrogen (secondary N) is 3. The molecule has 3 aromatic rings. The lowest BCUT2D eigenvalue weighted by molar-refractivity contribution is 0.0500. The van der Waals surface area contributed by atoms with Crippen LogP contribution in [0.2, 0.25) is 0 Å². The number of hydrogen-bond donors (Lipinski definition) is 4. The van der Waals surface area contributed by atoms with E-state index >= 15 is 0 Å². The molecule has 2 heterocycles. The Morgan fingerprint density at radius 2 is 2.15 bits per heavy atom. The fourth-order valence-corrected chi connectivity index (χ4v) is 2.88. The fourth-order valence-electron chi connectivity index (χ4n) is 2.74. The number of aromatic amines is 2. The van der Waals surface area contributed by atoms with E-state index in [1.807, 2.05) is 30.5 Å². The first-order chi connectivity index (χ1) is 12.2. The maximum absolute atomic E-state index is 12.3. The highest BCUT2D eigenvalue weighted by atomic mass is 32.1. The summed E-state index contributed by atoms with van der Waals surface area (Å²) in [6, 6.07) is 7.43. The first-order valence-electron chi connectivity index (χ1n) is 8.21. The number of amides is 1. The first kappa shape index (κ1) is 18.0. The van der Waals surface area contributed by atoms with Crippen LogP contribution in [-0.2, 0) is 11.2 Å². The summed E-state index contributed by atoms with van der Waals surface area (Å²) in [7, 11) is 0. The van der Waals surface area contributed by atoms with E-state index in [2.05, 4.69) is 20.5 Å². The molecule has 5 N–H and O–H groups in total. The summed E-state index contributed by atoms with van der Waals surface area (Å²) in [4.78, 5) is 15.5. The molecule has 0 bridgehead atoms. The molecule has 26 heavy (non-hydrogen) atoms. The molecule has 0 radical (unpaired) electrons. The molecule has 0 saturated carbocycles. The van der Waals surface area contributed by atoms with Gasteiger partial charge in [0.2, 0.25) is 4.77 Å². The second kappa shape index (κ2) is 6.83. The molecule has 3 rings (SSSR count). The van der Waals surface area contributed by atoms with Gasteiger partial charge in [0.1, 0.15) is 5.60 Å². The van der Waals surface area contributed by atoms with Gasteiger partial charge in [-0.2, -0.15) is 5.10 Å². The second-order valence-corrected chi connectivity index (χ2v) is 7.41. The number of hydrogen-bond acceptors (Lipinski definition) is 5. The standard InChI is InChI=1S/C17H22N6O2S/c1-17(2,3)25-16(24)20-13(14-21-22-15(26)23(14)18)8-10-9-19-12-7-5-4-6-11(10)12/h4-7,9,13,19H,8,18H2,1-3H3,(H,20,24)(H,22,26). The highest BCUT2D eigenvalue weighted by Crippen LogP contribution is 2.24. The lowest BCUT2D eigenvalue weighted by Gasteiger charge is -2.23. The zero-order valence-electron chi connectivity index (χ0n) is 14.9. The van der Waals surface area contributed by atoms with Crippen LogP contribution < -0.4 is 11.2 Å². The second-order valence-electron chi connectivity index (χ2n) is 7.02. The van der Waals surface area contributed by atoms with E-state index in [1.165, 1.54) is 4.68 Å². The smallest absolute Gasteiger partial charge is 0.408 e. The number of fused-ring (bicyclic) bond motifs is 1. The third-order valence-electron chi connectivity index (χ3n) is 3.83. The van der Waals surface area contributed by atoms with Gasteiger partial charge in [0.05, 0.1) is 6.04 Å². The highest BCUT2D eigenvalue weighted by molar-refractivity contribution is 7.71. The summed E-state index contributed by atoms with van der Waals surface area (Å²) >= 11 is 5.09. The summed E-state index contributed by atoms with van der Waals surface area (Å²) < 4.78 is 6.90. The van der Waals surface area contributed by atoms with E-state index in [9.17, 15) is 4.79 Å². The van der Waals surface area contributed by atoms with Crippen LogP contribution in [0.1, 0.15) is 38.2 Å². The zero-order chi connectivity index (χ0) is 18.9. The molecule has 0 fully saturated rings. The molecule has 1 unspecified atom stereocenters. The quantitative estimate of drug-likeness (QED) is 0.414. The molecule has 8 nitrogen and oxygen atoms in total. The third-order valence-corrected chi connectivity index (χ3v) is 4.12. The van der Waals surface area contributed by atoms with Crippen LogP contribution in [0.25, 0.3) is 10.9 Å². The van der Waals surface area contributed by atoms with E-state index in [0.29, 0.717) is 12.2 Å². The third kappa shape index (κ3) is 3.88. The van der Waals surface area contributed by atoms with Gasteiger partial charge >= 0.3 is 6.09 Å². The minimum atomic E-state index is -0.608. The Hall–Kier alpha value is -2.81. The van der Waals surface area contributed by atoms with E-state index in [0.717, 1.165) is 16.5 Å². The van der Waals surface area contributed by atoms with Crippen molar-refractivity contribution < 1.29 is 9.53 Å². The average Bonchev–Trinajstić information content (AvgIpc) is 3.10. The van der Waals surface area contributed by atoms with Crippen LogP contribution in [0.15, 0.2) is 30.5 Å². The molecule has 0 aliphatic rings. The lowest BCUT2D eigenvalue weighted by Crippen LogP contribution is -2.37. The van der Waals surface area contributed by atoms with Crippen LogP contribution in [-0.4, -0.2) is 31.6 Å². The van der Waals surface area contributed by atoms with Gasteiger partial charge in [-0.05, 0) is 44.6 Å². The van der Waals surface area contributed by atoms with Crippen LogP contribution in [0.3, 0.4) is 0 Å². The van der Waals surface area contributed by atoms with Gasteiger partial charge < -0.3 is 20.9 Å². The number of nitrogens with zero attached hydrogens (tertiary/aromatic N) is 2. The Morgan fingerprint density at radius 3 is 2.81 bits per heavy atom. The van der Waals surface area contributed by atoms with Crippen molar-refractivity contribution in [2.45, 2.75) is 38.8 Å². The fraction of sp³-hybridized carbons (Fsp3) is 0.353.